The number of benzene rings is 2. The highest BCUT2D eigenvalue weighted by Crippen LogP contribution is 2.31. The minimum atomic E-state index is -0.887. The summed E-state index contributed by atoms with van der Waals surface area (Å²) in [4.78, 5) is 49.5. The first-order valence-electron chi connectivity index (χ1n) is 7.58. The van der Waals surface area contributed by atoms with E-state index in [1.165, 1.54) is 12.1 Å². The minimum Gasteiger partial charge on any atom is -0.456 e. The smallest absolute Gasteiger partial charge is 0.326 e. The Balaban J connectivity index is 1.65. The van der Waals surface area contributed by atoms with E-state index >= 15 is 0 Å². The van der Waals surface area contributed by atoms with E-state index in [4.69, 9.17) is 27.9 Å². The maximum atomic E-state index is 12.3. The summed E-state index contributed by atoms with van der Waals surface area (Å²) in [5.74, 6) is -2.66. The maximum absolute atomic E-state index is 12.3. The average Bonchev–Trinajstić information content (AvgIpc) is 2.85. The van der Waals surface area contributed by atoms with Crippen molar-refractivity contribution >= 4 is 62.7 Å². The Labute approximate surface area is 172 Å². The van der Waals surface area contributed by atoms with E-state index in [0.29, 0.717) is 10.0 Å². The number of hydrogen-bond acceptors (Lipinski definition) is 5. The Morgan fingerprint density at radius 2 is 1.56 bits per heavy atom. The van der Waals surface area contributed by atoms with Gasteiger partial charge in [-0.1, -0.05) is 57.3 Å². The SMILES string of the molecule is O=C(CN1C(=O)c2cc(Cl)c(Cl)cc2C1=O)OCC(=O)c1ccccc1Br. The zero-order valence-corrected chi connectivity index (χ0v) is 16.6. The predicted molar refractivity (Wildman–Crippen MR) is 101 cm³/mol. The van der Waals surface area contributed by atoms with Gasteiger partial charge >= 0.3 is 5.97 Å². The lowest BCUT2D eigenvalue weighted by Crippen LogP contribution is -2.36. The summed E-state index contributed by atoms with van der Waals surface area (Å²) in [6.45, 7) is -1.13. The first kappa shape index (κ1) is 19.5. The highest BCUT2D eigenvalue weighted by atomic mass is 79.9. The van der Waals surface area contributed by atoms with Gasteiger partial charge in [-0.25, -0.2) is 0 Å². The third-order valence-electron chi connectivity index (χ3n) is 3.84. The van der Waals surface area contributed by atoms with Crippen molar-refractivity contribution in [3.63, 3.8) is 0 Å². The van der Waals surface area contributed by atoms with Gasteiger partial charge in [-0.15, -0.1) is 0 Å². The van der Waals surface area contributed by atoms with Crippen molar-refractivity contribution in [2.45, 2.75) is 0 Å². The van der Waals surface area contributed by atoms with Crippen LogP contribution in [-0.2, 0) is 9.53 Å². The molecule has 1 heterocycles. The first-order chi connectivity index (χ1) is 12.8. The zero-order chi connectivity index (χ0) is 19.7. The van der Waals surface area contributed by atoms with Crippen LogP contribution in [0.2, 0.25) is 10.0 Å². The van der Waals surface area contributed by atoms with Gasteiger partial charge in [0.2, 0.25) is 5.78 Å². The molecule has 0 spiro atoms. The standard InChI is InChI=1S/C18H10BrCl2NO5/c19-12-4-2-1-3-9(12)15(23)8-27-16(24)7-22-17(25)10-5-13(20)14(21)6-11(10)18(22)26/h1-6H,7-8H2. The quantitative estimate of drug-likeness (QED) is 0.377. The third kappa shape index (κ3) is 3.90. The van der Waals surface area contributed by atoms with Crippen molar-refractivity contribution in [2.75, 3.05) is 13.2 Å². The summed E-state index contributed by atoms with van der Waals surface area (Å²) in [6.07, 6.45) is 0. The van der Waals surface area contributed by atoms with E-state index in [1.807, 2.05) is 0 Å². The molecule has 1 aliphatic heterocycles. The van der Waals surface area contributed by atoms with Crippen molar-refractivity contribution in [3.05, 3.63) is 67.6 Å². The Bertz CT molecular complexity index is 951. The molecular weight excluding hydrogens is 461 g/mol. The topological polar surface area (TPSA) is 80.8 Å². The monoisotopic (exact) mass is 469 g/mol. The van der Waals surface area contributed by atoms with Crippen molar-refractivity contribution in [1.29, 1.82) is 0 Å². The average molecular weight is 471 g/mol. The third-order valence-corrected chi connectivity index (χ3v) is 5.25. The molecule has 0 N–H and O–H groups in total. The van der Waals surface area contributed by atoms with Gasteiger partial charge in [0.1, 0.15) is 6.54 Å². The maximum Gasteiger partial charge on any atom is 0.326 e. The van der Waals surface area contributed by atoms with Crippen LogP contribution in [0.4, 0.5) is 0 Å². The molecule has 0 saturated heterocycles. The number of rotatable bonds is 5. The number of halogens is 3. The van der Waals surface area contributed by atoms with E-state index in [1.54, 1.807) is 24.3 Å². The summed E-state index contributed by atoms with van der Waals surface area (Å²) in [5, 5.41) is 0.250. The molecule has 3 rings (SSSR count). The number of fused-ring (bicyclic) bond motifs is 1. The second kappa shape index (κ2) is 7.80. The summed E-state index contributed by atoms with van der Waals surface area (Å²) in [5.41, 5.74) is 0.480. The van der Waals surface area contributed by atoms with Gasteiger partial charge in [0.15, 0.2) is 6.61 Å². The molecule has 0 saturated carbocycles. The van der Waals surface area contributed by atoms with Crippen LogP contribution in [0.25, 0.3) is 0 Å². The van der Waals surface area contributed by atoms with Crippen molar-refractivity contribution < 1.29 is 23.9 Å². The lowest BCUT2D eigenvalue weighted by molar-refractivity contribution is -0.142. The summed E-state index contributed by atoms with van der Waals surface area (Å²) in [6, 6.07) is 9.24. The lowest BCUT2D eigenvalue weighted by Gasteiger charge is -2.13. The lowest BCUT2D eigenvalue weighted by atomic mass is 10.1. The van der Waals surface area contributed by atoms with Gasteiger partial charge in [0.25, 0.3) is 11.8 Å². The molecular formula is C18H10BrCl2NO5. The van der Waals surface area contributed by atoms with E-state index in [0.717, 1.165) is 4.90 Å². The number of carbonyl (C=O) groups excluding carboxylic acids is 4. The molecule has 0 aromatic heterocycles. The molecule has 1 aliphatic rings. The fraction of sp³-hybridized carbons (Fsp3) is 0.111. The van der Waals surface area contributed by atoms with Crippen molar-refractivity contribution in [3.8, 4) is 0 Å². The number of Topliss-reactive ketones (excluding diaryl/α,β-unsaturated/α-hetero) is 1. The summed E-state index contributed by atoms with van der Waals surface area (Å²) >= 11 is 15.0. The van der Waals surface area contributed by atoms with E-state index in [9.17, 15) is 19.2 Å². The first-order valence-corrected chi connectivity index (χ1v) is 9.13. The van der Waals surface area contributed by atoms with Crippen LogP contribution in [0.3, 0.4) is 0 Å². The Hall–Kier alpha value is -2.22. The van der Waals surface area contributed by atoms with Crippen LogP contribution in [0.5, 0.6) is 0 Å². The number of nitrogens with zero attached hydrogens (tertiary/aromatic N) is 1. The van der Waals surface area contributed by atoms with Gasteiger partial charge in [-0.05, 0) is 18.2 Å². The second-order valence-electron chi connectivity index (χ2n) is 5.57. The van der Waals surface area contributed by atoms with Gasteiger partial charge in [0, 0.05) is 10.0 Å². The highest BCUT2D eigenvalue weighted by molar-refractivity contribution is 9.10. The molecule has 2 aromatic carbocycles. The zero-order valence-electron chi connectivity index (χ0n) is 13.5. The Kier molecular flexibility index (Phi) is 5.64. The molecule has 0 unspecified atom stereocenters. The van der Waals surface area contributed by atoms with Crippen molar-refractivity contribution in [1.82, 2.24) is 4.90 Å². The van der Waals surface area contributed by atoms with Crippen LogP contribution in [0.15, 0.2) is 40.9 Å². The molecule has 138 valence electrons. The Morgan fingerprint density at radius 3 is 2.11 bits per heavy atom. The molecule has 0 bridgehead atoms. The normalized spacial score (nSPS) is 12.9. The number of esters is 1. The fourth-order valence-corrected chi connectivity index (χ4v) is 3.35. The van der Waals surface area contributed by atoms with E-state index in [-0.39, 0.29) is 21.2 Å². The molecule has 0 fully saturated rings. The number of imide groups is 1. The number of carbonyl (C=O) groups is 4. The van der Waals surface area contributed by atoms with Crippen LogP contribution in [0, 0.1) is 0 Å². The molecule has 9 heteroatoms. The fourth-order valence-electron chi connectivity index (χ4n) is 2.51. The van der Waals surface area contributed by atoms with Gasteiger partial charge < -0.3 is 4.74 Å². The van der Waals surface area contributed by atoms with Gasteiger partial charge in [-0.3, -0.25) is 24.1 Å². The van der Waals surface area contributed by atoms with Crippen LogP contribution in [-0.4, -0.2) is 41.6 Å². The van der Waals surface area contributed by atoms with Crippen molar-refractivity contribution in [2.24, 2.45) is 0 Å². The molecule has 2 amide bonds. The molecule has 0 radical (unpaired) electrons. The van der Waals surface area contributed by atoms with E-state index < -0.39 is 36.7 Å². The summed E-state index contributed by atoms with van der Waals surface area (Å²) < 4.78 is 5.48. The predicted octanol–water partition coefficient (Wildman–Crippen LogP) is 3.78. The molecule has 0 aliphatic carbocycles. The molecule has 6 nitrogen and oxygen atoms in total. The Morgan fingerprint density at radius 1 is 1.00 bits per heavy atom. The molecule has 0 atom stereocenters. The second-order valence-corrected chi connectivity index (χ2v) is 7.24. The van der Waals surface area contributed by atoms with Crippen LogP contribution in [0.1, 0.15) is 31.1 Å². The summed E-state index contributed by atoms with van der Waals surface area (Å²) in [7, 11) is 0. The number of amides is 2. The van der Waals surface area contributed by atoms with Crippen LogP contribution < -0.4 is 0 Å². The number of ketones is 1. The molecule has 2 aromatic rings. The van der Waals surface area contributed by atoms with Gasteiger partial charge in [0.05, 0.1) is 21.2 Å². The highest BCUT2D eigenvalue weighted by Gasteiger charge is 2.37. The largest absolute Gasteiger partial charge is 0.456 e. The van der Waals surface area contributed by atoms with Crippen LogP contribution >= 0.6 is 39.1 Å². The van der Waals surface area contributed by atoms with Gasteiger partial charge in [-0.2, -0.15) is 0 Å². The number of hydrogen-bond donors (Lipinski definition) is 0. The number of ether oxygens (including phenoxy) is 1. The molecule has 27 heavy (non-hydrogen) atoms. The minimum absolute atomic E-state index is 0.0616. The van der Waals surface area contributed by atoms with E-state index in [2.05, 4.69) is 15.9 Å².